The summed E-state index contributed by atoms with van der Waals surface area (Å²) in [7, 11) is -2.91. The van der Waals surface area contributed by atoms with Crippen LogP contribution < -0.4 is 4.90 Å². The Kier molecular flexibility index (Phi) is 3.41. The summed E-state index contributed by atoms with van der Waals surface area (Å²) in [6.07, 6.45) is 0. The molecule has 0 unspecified atom stereocenters. The smallest absolute Gasteiger partial charge is 0.294 e. The number of carbonyl (C=O) groups excluding carboxylic acids is 1. The number of amides is 1. The van der Waals surface area contributed by atoms with E-state index in [4.69, 9.17) is 4.55 Å². The monoisotopic (exact) mass is 295 g/mol. The lowest BCUT2D eigenvalue weighted by Crippen LogP contribution is -2.23. The van der Waals surface area contributed by atoms with E-state index in [1.807, 2.05) is 0 Å². The Labute approximate surface area is 116 Å². The summed E-state index contributed by atoms with van der Waals surface area (Å²) in [5.74, 6) is -0.525. The second-order valence-corrected chi connectivity index (χ2v) is 5.79. The lowest BCUT2D eigenvalue weighted by Gasteiger charge is -2.18. The van der Waals surface area contributed by atoms with Gasteiger partial charge >= 0.3 is 0 Å². The Morgan fingerprint density at radius 3 is 2.40 bits per heavy atom. The molecule has 6 nitrogen and oxygen atoms in total. The second kappa shape index (κ2) is 4.77. The molecular weight excluding hydrogens is 282 g/mol. The maximum absolute atomic E-state index is 11.5. The zero-order valence-corrected chi connectivity index (χ0v) is 11.7. The van der Waals surface area contributed by atoms with E-state index in [1.54, 1.807) is 18.2 Å². The maximum atomic E-state index is 11.5. The van der Waals surface area contributed by atoms with Gasteiger partial charge in [-0.2, -0.15) is 8.42 Å². The fourth-order valence-electron chi connectivity index (χ4n) is 1.94. The van der Waals surface area contributed by atoms with Gasteiger partial charge in [-0.15, -0.1) is 0 Å². The van der Waals surface area contributed by atoms with Crippen molar-refractivity contribution in [2.24, 2.45) is 0 Å². The highest BCUT2D eigenvalue weighted by molar-refractivity contribution is 7.85. The molecule has 0 heterocycles. The molecule has 0 atom stereocenters. The van der Waals surface area contributed by atoms with Gasteiger partial charge in [0.25, 0.3) is 10.1 Å². The molecule has 2 N–H and O–H groups in total. The Bertz CT molecular complexity index is 798. The van der Waals surface area contributed by atoms with Crippen LogP contribution in [0.1, 0.15) is 6.92 Å². The van der Waals surface area contributed by atoms with Gasteiger partial charge in [0, 0.05) is 30.8 Å². The molecule has 0 saturated carbocycles. The first-order valence-corrected chi connectivity index (χ1v) is 7.13. The van der Waals surface area contributed by atoms with Crippen molar-refractivity contribution >= 4 is 32.5 Å². The highest BCUT2D eigenvalue weighted by Gasteiger charge is 2.17. The molecule has 2 aromatic rings. The van der Waals surface area contributed by atoms with Gasteiger partial charge in [-0.25, -0.2) is 0 Å². The number of carbonyl (C=O) groups is 1. The first-order chi connectivity index (χ1) is 9.21. The van der Waals surface area contributed by atoms with Crippen LogP contribution >= 0.6 is 0 Å². The van der Waals surface area contributed by atoms with Gasteiger partial charge in [0.2, 0.25) is 5.91 Å². The van der Waals surface area contributed by atoms with E-state index >= 15 is 0 Å². The number of nitrogens with zero attached hydrogens (tertiary/aromatic N) is 1. The van der Waals surface area contributed by atoms with Crippen LogP contribution in [0.25, 0.3) is 10.8 Å². The third-order valence-corrected chi connectivity index (χ3v) is 3.89. The molecule has 0 saturated heterocycles. The summed E-state index contributed by atoms with van der Waals surface area (Å²) in [5.41, 5.74) is 0.441. The zero-order valence-electron chi connectivity index (χ0n) is 10.9. The van der Waals surface area contributed by atoms with Crippen LogP contribution in [0.15, 0.2) is 35.2 Å². The third-order valence-electron chi connectivity index (χ3n) is 3.06. The summed E-state index contributed by atoms with van der Waals surface area (Å²) in [6.45, 7) is 1.37. The third kappa shape index (κ3) is 2.45. The van der Waals surface area contributed by atoms with E-state index in [2.05, 4.69) is 0 Å². The van der Waals surface area contributed by atoms with Gasteiger partial charge in [0.15, 0.2) is 0 Å². The van der Waals surface area contributed by atoms with Crippen LogP contribution in [-0.2, 0) is 14.9 Å². The number of aromatic hydroxyl groups is 1. The second-order valence-electron chi connectivity index (χ2n) is 4.37. The lowest BCUT2D eigenvalue weighted by atomic mass is 10.1. The van der Waals surface area contributed by atoms with Crippen molar-refractivity contribution in [2.45, 2.75) is 11.8 Å². The minimum absolute atomic E-state index is 0.241. The van der Waals surface area contributed by atoms with Crippen molar-refractivity contribution in [3.05, 3.63) is 30.3 Å². The summed E-state index contributed by atoms with van der Waals surface area (Å²) >= 11 is 0. The number of phenols is 1. The molecule has 106 valence electrons. The van der Waals surface area contributed by atoms with Gasteiger partial charge < -0.3 is 10.0 Å². The Balaban J connectivity index is 2.85. The largest absolute Gasteiger partial charge is 0.507 e. The molecule has 2 rings (SSSR count). The lowest BCUT2D eigenvalue weighted by molar-refractivity contribution is -0.116. The maximum Gasteiger partial charge on any atom is 0.294 e. The number of anilines is 1. The molecule has 7 heteroatoms. The molecule has 0 spiro atoms. The fourth-order valence-corrected chi connectivity index (χ4v) is 2.46. The fraction of sp³-hybridized carbons (Fsp3) is 0.154. The van der Waals surface area contributed by atoms with Crippen LogP contribution in [0.5, 0.6) is 5.75 Å². The minimum Gasteiger partial charge on any atom is -0.507 e. The number of hydrogen-bond donors (Lipinski definition) is 2. The standard InChI is InChI=1S/C13H13NO5S/c1-8(15)14(2)12-5-3-4-10-11(12)6-9(7-13(10)16)20(17,18)19/h3-7,16H,1-2H3,(H,17,18,19). The number of rotatable bonds is 2. The highest BCUT2D eigenvalue weighted by Crippen LogP contribution is 2.34. The van der Waals surface area contributed by atoms with E-state index in [9.17, 15) is 18.3 Å². The van der Waals surface area contributed by atoms with Gasteiger partial charge in [-0.3, -0.25) is 9.35 Å². The first kappa shape index (κ1) is 14.3. The molecule has 0 aliphatic rings. The molecule has 20 heavy (non-hydrogen) atoms. The quantitative estimate of drug-likeness (QED) is 0.823. The zero-order chi connectivity index (χ0) is 15.1. The molecule has 0 aliphatic heterocycles. The number of phenolic OH excluding ortho intramolecular Hbond substituents is 1. The minimum atomic E-state index is -4.44. The number of hydrogen-bond acceptors (Lipinski definition) is 4. The van der Waals surface area contributed by atoms with Crippen LogP contribution in [0.4, 0.5) is 5.69 Å². The van der Waals surface area contributed by atoms with Crippen molar-refractivity contribution in [2.75, 3.05) is 11.9 Å². The highest BCUT2D eigenvalue weighted by atomic mass is 32.2. The van der Waals surface area contributed by atoms with Crippen molar-refractivity contribution < 1.29 is 22.9 Å². The molecule has 0 bridgehead atoms. The summed E-state index contributed by atoms with van der Waals surface area (Å²) < 4.78 is 31.5. The van der Waals surface area contributed by atoms with Crippen LogP contribution in [0, 0.1) is 0 Å². The normalized spacial score (nSPS) is 11.6. The Hall–Kier alpha value is -2.12. The van der Waals surface area contributed by atoms with Crippen LogP contribution in [0.2, 0.25) is 0 Å². The number of benzene rings is 2. The van der Waals surface area contributed by atoms with Crippen molar-refractivity contribution in [3.8, 4) is 5.75 Å². The summed E-state index contributed by atoms with van der Waals surface area (Å²) in [4.78, 5) is 12.4. The molecule has 2 aromatic carbocycles. The predicted octanol–water partition coefficient (Wildman–Crippen LogP) is 1.77. The number of fused-ring (bicyclic) bond motifs is 1. The average molecular weight is 295 g/mol. The van der Waals surface area contributed by atoms with Gasteiger partial charge in [-0.05, 0) is 12.1 Å². The average Bonchev–Trinajstić information content (AvgIpc) is 2.36. The van der Waals surface area contributed by atoms with Crippen molar-refractivity contribution in [1.29, 1.82) is 0 Å². The topological polar surface area (TPSA) is 94.9 Å². The van der Waals surface area contributed by atoms with E-state index in [1.165, 1.54) is 24.9 Å². The van der Waals surface area contributed by atoms with Gasteiger partial charge in [0.05, 0.1) is 10.6 Å². The van der Waals surface area contributed by atoms with Crippen LogP contribution in [-0.4, -0.2) is 31.0 Å². The molecule has 1 amide bonds. The van der Waals surface area contributed by atoms with E-state index < -0.39 is 15.0 Å². The SMILES string of the molecule is CC(=O)N(C)c1cccc2c(O)cc(S(=O)(=O)O)cc12. The summed E-state index contributed by atoms with van der Waals surface area (Å²) in [5, 5.41) is 10.6. The molecule has 0 radical (unpaired) electrons. The van der Waals surface area contributed by atoms with Crippen molar-refractivity contribution in [1.82, 2.24) is 0 Å². The first-order valence-electron chi connectivity index (χ1n) is 5.69. The van der Waals surface area contributed by atoms with Crippen LogP contribution in [0.3, 0.4) is 0 Å². The van der Waals surface area contributed by atoms with E-state index in [-0.39, 0.29) is 11.7 Å². The molecule has 0 fully saturated rings. The van der Waals surface area contributed by atoms with Crippen molar-refractivity contribution in [3.63, 3.8) is 0 Å². The molecule has 0 aliphatic carbocycles. The predicted molar refractivity (Wildman–Crippen MR) is 74.5 cm³/mol. The summed E-state index contributed by atoms with van der Waals surface area (Å²) in [6, 6.07) is 7.05. The molecule has 0 aromatic heterocycles. The van der Waals surface area contributed by atoms with Gasteiger partial charge in [-0.1, -0.05) is 12.1 Å². The van der Waals surface area contributed by atoms with E-state index in [0.29, 0.717) is 16.5 Å². The Morgan fingerprint density at radius 1 is 1.20 bits per heavy atom. The molecular formula is C13H13NO5S. The Morgan fingerprint density at radius 2 is 1.85 bits per heavy atom. The van der Waals surface area contributed by atoms with Gasteiger partial charge in [0.1, 0.15) is 5.75 Å². The van der Waals surface area contributed by atoms with E-state index in [0.717, 1.165) is 6.07 Å².